The largest absolute Gasteiger partial charge is 0.458 e. The quantitative estimate of drug-likeness (QED) is 0.159. The summed E-state index contributed by atoms with van der Waals surface area (Å²) < 4.78 is 9.71. The maximum absolute atomic E-state index is 7.05. The third-order valence-electron chi connectivity index (χ3n) is 11.5. The van der Waals surface area contributed by atoms with E-state index in [4.69, 9.17) is 4.74 Å². The van der Waals surface area contributed by atoms with E-state index in [1.807, 2.05) is 11.3 Å². The number of unbranched alkanes of at least 4 members (excludes halogenated alkanes) is 1. The Morgan fingerprint density at radius 3 is 1.98 bits per heavy atom. The molecule has 4 heteroatoms. The molecule has 3 heterocycles. The molecule has 0 bridgehead atoms. The van der Waals surface area contributed by atoms with Gasteiger partial charge < -0.3 is 9.64 Å². The van der Waals surface area contributed by atoms with Crippen molar-refractivity contribution < 1.29 is 4.74 Å². The van der Waals surface area contributed by atoms with Crippen LogP contribution in [0.25, 0.3) is 42.4 Å². The molecule has 2 aliphatic rings. The molecule has 8 aromatic rings. The maximum atomic E-state index is 7.05. The number of anilines is 3. The Hall–Kier alpha value is -5.58. The van der Waals surface area contributed by atoms with Crippen LogP contribution >= 0.6 is 11.3 Å². The number of fused-ring (bicyclic) bond motifs is 7. The van der Waals surface area contributed by atoms with Crippen LogP contribution in [-0.4, -0.2) is 6.71 Å². The van der Waals surface area contributed by atoms with Gasteiger partial charge in [0, 0.05) is 31.5 Å². The average Bonchev–Trinajstić information content (AvgIpc) is 3.57. The highest BCUT2D eigenvalue weighted by molar-refractivity contribution is 7.25. The first-order valence-electron chi connectivity index (χ1n) is 19.3. The Morgan fingerprint density at radius 1 is 0.574 bits per heavy atom. The fraction of sp³-hybridized carbons (Fsp3) is 0.160. The van der Waals surface area contributed by atoms with Gasteiger partial charge in [0.1, 0.15) is 11.5 Å². The van der Waals surface area contributed by atoms with E-state index < -0.39 is 0 Å². The molecule has 0 amide bonds. The third kappa shape index (κ3) is 5.38. The Labute approximate surface area is 322 Å². The van der Waals surface area contributed by atoms with Crippen LogP contribution in [0.1, 0.15) is 51.7 Å². The summed E-state index contributed by atoms with van der Waals surface area (Å²) in [5.41, 5.74) is 14.9. The summed E-state index contributed by atoms with van der Waals surface area (Å²) in [6.45, 7) is 9.23. The van der Waals surface area contributed by atoms with Gasteiger partial charge in [-0.3, -0.25) is 0 Å². The lowest BCUT2D eigenvalue weighted by molar-refractivity contribution is 0.483. The third-order valence-corrected chi connectivity index (χ3v) is 12.6. The van der Waals surface area contributed by atoms with Crippen molar-refractivity contribution >= 4 is 71.7 Å². The van der Waals surface area contributed by atoms with Crippen molar-refractivity contribution in [1.29, 1.82) is 0 Å². The normalized spacial score (nSPS) is 13.1. The summed E-state index contributed by atoms with van der Waals surface area (Å²) in [6, 6.07) is 54.2. The molecule has 0 spiro atoms. The average molecular weight is 716 g/mol. The molecule has 0 N–H and O–H groups in total. The van der Waals surface area contributed by atoms with E-state index in [-0.39, 0.29) is 12.1 Å². The number of hydrogen-bond donors (Lipinski definition) is 0. The molecule has 2 aliphatic heterocycles. The van der Waals surface area contributed by atoms with Crippen LogP contribution in [0.3, 0.4) is 0 Å². The van der Waals surface area contributed by atoms with Gasteiger partial charge >= 0.3 is 0 Å². The summed E-state index contributed by atoms with van der Waals surface area (Å²) in [4.78, 5) is 2.60. The van der Waals surface area contributed by atoms with Crippen LogP contribution in [0, 0.1) is 0 Å². The highest BCUT2D eigenvalue weighted by atomic mass is 32.1. The number of thiophene rings is 1. The van der Waals surface area contributed by atoms with Gasteiger partial charge in [-0.05, 0) is 110 Å². The van der Waals surface area contributed by atoms with E-state index >= 15 is 0 Å². The van der Waals surface area contributed by atoms with Gasteiger partial charge in [-0.2, -0.15) is 0 Å². The van der Waals surface area contributed by atoms with E-state index in [0.29, 0.717) is 0 Å². The first-order valence-corrected chi connectivity index (χ1v) is 20.2. The highest BCUT2D eigenvalue weighted by Gasteiger charge is 2.43. The Morgan fingerprint density at radius 2 is 1.26 bits per heavy atom. The number of hydrogen-bond acceptors (Lipinski definition) is 3. The van der Waals surface area contributed by atoms with Crippen molar-refractivity contribution in [1.82, 2.24) is 0 Å². The molecule has 0 unspecified atom stereocenters. The fourth-order valence-electron chi connectivity index (χ4n) is 8.65. The van der Waals surface area contributed by atoms with Gasteiger partial charge in [-0.25, -0.2) is 0 Å². The van der Waals surface area contributed by atoms with E-state index in [9.17, 15) is 0 Å². The fourth-order valence-corrected chi connectivity index (χ4v) is 9.77. The molecular formula is C50H42BNOS. The Balaban J connectivity index is 1.29. The zero-order chi connectivity index (χ0) is 36.6. The topological polar surface area (TPSA) is 12.5 Å². The predicted molar refractivity (Wildman–Crippen MR) is 233 cm³/mol. The monoisotopic (exact) mass is 715 g/mol. The minimum atomic E-state index is -0.0780. The van der Waals surface area contributed by atoms with Gasteiger partial charge in [-0.1, -0.05) is 137 Å². The van der Waals surface area contributed by atoms with Gasteiger partial charge in [-0.15, -0.1) is 11.3 Å². The Bertz CT molecular complexity index is 2730. The van der Waals surface area contributed by atoms with Crippen LogP contribution in [0.2, 0.25) is 0 Å². The number of benzene rings is 7. The summed E-state index contributed by atoms with van der Waals surface area (Å²) in [5.74, 6) is 1.89. The second-order valence-electron chi connectivity index (χ2n) is 16.0. The van der Waals surface area contributed by atoms with Crippen molar-refractivity contribution in [3.63, 3.8) is 0 Å². The lowest BCUT2D eigenvalue weighted by Gasteiger charge is -2.42. The minimum absolute atomic E-state index is 0.00140. The predicted octanol–water partition coefficient (Wildman–Crippen LogP) is 12.4. The zero-order valence-electron chi connectivity index (χ0n) is 31.3. The summed E-state index contributed by atoms with van der Waals surface area (Å²) in [5, 5.41) is 2.70. The molecule has 2 nitrogen and oxygen atoms in total. The van der Waals surface area contributed by atoms with Gasteiger partial charge in [0.25, 0.3) is 6.71 Å². The van der Waals surface area contributed by atoms with E-state index in [1.165, 1.54) is 87.0 Å². The SMILES string of the molecule is CCCCc1cc2c(cc1N1c3ccc(-c4ccccc4)cc3B3c4cc(-c5ccccc5)ccc4Oc4cc(C(C)(C)C)cc1c43)sc1ccccc12. The smallest absolute Gasteiger partial charge is 0.256 e. The number of nitrogens with zero attached hydrogens (tertiary/aromatic N) is 1. The molecule has 0 saturated heterocycles. The molecule has 0 saturated carbocycles. The Kier molecular flexibility index (Phi) is 7.82. The summed E-state index contributed by atoms with van der Waals surface area (Å²) in [6.07, 6.45) is 3.30. The molecule has 0 aliphatic carbocycles. The molecule has 10 rings (SSSR count). The van der Waals surface area contributed by atoms with Crippen molar-refractivity contribution in [2.75, 3.05) is 4.90 Å². The molecule has 7 aromatic carbocycles. The lowest BCUT2D eigenvalue weighted by Crippen LogP contribution is -2.59. The van der Waals surface area contributed by atoms with Crippen LogP contribution in [0.15, 0.2) is 146 Å². The van der Waals surface area contributed by atoms with Gasteiger partial charge in [0.15, 0.2) is 0 Å². The van der Waals surface area contributed by atoms with Crippen molar-refractivity contribution in [3.05, 3.63) is 157 Å². The van der Waals surface area contributed by atoms with Crippen molar-refractivity contribution in [2.24, 2.45) is 0 Å². The molecule has 1 aromatic heterocycles. The summed E-state index contributed by atoms with van der Waals surface area (Å²) in [7, 11) is 0. The van der Waals surface area contributed by atoms with Crippen LogP contribution < -0.4 is 26.0 Å². The number of rotatable bonds is 6. The second-order valence-corrected chi connectivity index (χ2v) is 17.0. The maximum Gasteiger partial charge on any atom is 0.256 e. The second kappa shape index (κ2) is 12.8. The number of aryl methyl sites for hydroxylation is 1. The molecular weight excluding hydrogens is 673 g/mol. The molecule has 262 valence electrons. The van der Waals surface area contributed by atoms with E-state index in [0.717, 1.165) is 30.8 Å². The number of ether oxygens (including phenoxy) is 1. The van der Waals surface area contributed by atoms with Gasteiger partial charge in [0.05, 0.1) is 5.69 Å². The minimum Gasteiger partial charge on any atom is -0.458 e. The summed E-state index contributed by atoms with van der Waals surface area (Å²) >= 11 is 1.90. The molecule has 0 radical (unpaired) electrons. The molecule has 54 heavy (non-hydrogen) atoms. The van der Waals surface area contributed by atoms with E-state index in [1.54, 1.807) is 0 Å². The van der Waals surface area contributed by atoms with Crippen molar-refractivity contribution in [3.8, 4) is 33.8 Å². The van der Waals surface area contributed by atoms with Crippen LogP contribution in [-0.2, 0) is 11.8 Å². The molecule has 0 atom stereocenters. The highest BCUT2D eigenvalue weighted by Crippen LogP contribution is 2.47. The lowest BCUT2D eigenvalue weighted by atomic mass is 9.34. The first kappa shape index (κ1) is 33.0. The molecule has 0 fully saturated rings. The van der Waals surface area contributed by atoms with Crippen LogP contribution in [0.5, 0.6) is 11.5 Å². The zero-order valence-corrected chi connectivity index (χ0v) is 32.1. The van der Waals surface area contributed by atoms with Crippen LogP contribution in [0.4, 0.5) is 17.1 Å². The van der Waals surface area contributed by atoms with Crippen molar-refractivity contribution in [2.45, 2.75) is 52.4 Å². The standard InChI is InChI=1S/C50H42BNOS/c1-5-6-15-36-26-39-38-20-13-14-21-47(38)54-48(39)31-43(36)52-42-24-22-34(32-16-9-7-10-17-32)27-40(42)51-41-28-35(33-18-11-8-12-19-33)23-25-45(41)53-46-30-37(50(2,3)4)29-44(52)49(46)51/h7-14,16-31H,5-6,15H2,1-4H3. The van der Waals surface area contributed by atoms with Gasteiger partial charge in [0.2, 0.25) is 0 Å². The van der Waals surface area contributed by atoms with E-state index in [2.05, 4.69) is 178 Å². The first-order chi connectivity index (χ1) is 26.4.